The standard InChI is InChI=1S/C69H87B2NO4/c1-17-67(15,40-24-26-46(3)4)48-36-38-54-55-39-37-49(68(16,18-2)41-25-27-47(5)6)43-60(55)69(59(54)42-48)57-33-20-19-32-56(57)62-58(69)34-23-35-61(62)72(52-30-21-28-50(44-52)70-73-63(7,8)64(9,10)74-70)53-31-22-29-51(45-53)71-75-65(11,12)66(13,14)76-71/h19-23,28-39,42-47H,17-18,24-27,40-41H2,1-16H3. The molecule has 6 aromatic rings. The van der Waals surface area contributed by atoms with Gasteiger partial charge in [0, 0.05) is 16.9 Å². The van der Waals surface area contributed by atoms with Crippen LogP contribution in [0.1, 0.15) is 196 Å². The first kappa shape index (κ1) is 54.4. The van der Waals surface area contributed by atoms with Crippen LogP contribution in [-0.4, -0.2) is 36.6 Å². The summed E-state index contributed by atoms with van der Waals surface area (Å²) in [5.41, 5.74) is 16.2. The van der Waals surface area contributed by atoms with Crippen LogP contribution in [0.15, 0.2) is 127 Å². The molecule has 2 aliphatic carbocycles. The Morgan fingerprint density at radius 1 is 0.461 bits per heavy atom. The van der Waals surface area contributed by atoms with E-state index in [1.807, 2.05) is 0 Å². The van der Waals surface area contributed by atoms with Crippen LogP contribution >= 0.6 is 0 Å². The third-order valence-corrected chi connectivity index (χ3v) is 19.7. The van der Waals surface area contributed by atoms with Crippen molar-refractivity contribution in [3.05, 3.63) is 161 Å². The minimum absolute atomic E-state index is 0.0340. The maximum absolute atomic E-state index is 6.75. The summed E-state index contributed by atoms with van der Waals surface area (Å²) in [6.45, 7) is 36.3. The number of fused-ring (bicyclic) bond motifs is 10. The predicted molar refractivity (Wildman–Crippen MR) is 322 cm³/mol. The number of benzene rings is 6. The van der Waals surface area contributed by atoms with Crippen LogP contribution in [-0.2, 0) is 34.9 Å². The SMILES string of the molecule is CCC(C)(CCCC(C)C)c1ccc2c(c1)C1(c3cc(C(C)(CC)CCCC(C)C)ccc3-2)c2ccccc2-c2c(N(c3cccc(B4OC(C)(C)C(C)(C)O4)c3)c3cccc(B4OC(C)(C)C(C)(C)O4)c3)cccc21. The number of hydrogen-bond donors (Lipinski definition) is 0. The number of nitrogens with zero attached hydrogens (tertiary/aromatic N) is 1. The van der Waals surface area contributed by atoms with Crippen molar-refractivity contribution in [2.24, 2.45) is 11.8 Å². The molecule has 0 radical (unpaired) electrons. The fourth-order valence-corrected chi connectivity index (χ4v) is 13.0. The Morgan fingerprint density at radius 2 is 0.882 bits per heavy atom. The zero-order valence-electron chi connectivity index (χ0n) is 49.2. The van der Waals surface area contributed by atoms with E-state index in [1.165, 1.54) is 81.3 Å². The summed E-state index contributed by atoms with van der Waals surface area (Å²) >= 11 is 0. The Kier molecular flexibility index (Phi) is 14.2. The molecule has 0 amide bonds. The van der Waals surface area contributed by atoms with Gasteiger partial charge < -0.3 is 23.5 Å². The fraction of sp³-hybridized carbons (Fsp3) is 0.478. The van der Waals surface area contributed by atoms with Gasteiger partial charge >= 0.3 is 14.2 Å². The van der Waals surface area contributed by atoms with Crippen molar-refractivity contribution in [3.8, 4) is 22.3 Å². The molecule has 0 saturated carbocycles. The van der Waals surface area contributed by atoms with Crippen LogP contribution in [0.5, 0.6) is 0 Å². The zero-order chi connectivity index (χ0) is 54.4. The highest BCUT2D eigenvalue weighted by atomic mass is 16.7. The molecule has 10 rings (SSSR count). The lowest BCUT2D eigenvalue weighted by Gasteiger charge is -2.35. The summed E-state index contributed by atoms with van der Waals surface area (Å²) in [5.74, 6) is 1.37. The first-order chi connectivity index (χ1) is 35.9. The van der Waals surface area contributed by atoms with E-state index in [4.69, 9.17) is 18.6 Å². The Balaban J connectivity index is 1.23. The molecule has 2 atom stereocenters. The molecule has 2 unspecified atom stereocenters. The quantitative estimate of drug-likeness (QED) is 0.0850. The molecule has 2 saturated heterocycles. The third-order valence-electron chi connectivity index (χ3n) is 19.7. The minimum atomic E-state index is -0.571. The van der Waals surface area contributed by atoms with Gasteiger partial charge in [0.05, 0.1) is 33.5 Å². The summed E-state index contributed by atoms with van der Waals surface area (Å²) in [4.78, 5) is 2.47. The predicted octanol–water partition coefficient (Wildman–Crippen LogP) is 17.1. The highest BCUT2D eigenvalue weighted by molar-refractivity contribution is 6.62. The van der Waals surface area contributed by atoms with Gasteiger partial charge in [-0.25, -0.2) is 0 Å². The Labute approximate surface area is 459 Å². The van der Waals surface area contributed by atoms with Crippen LogP contribution < -0.4 is 15.8 Å². The summed E-state index contributed by atoms with van der Waals surface area (Å²) in [5, 5.41) is 0. The van der Waals surface area contributed by atoms with Gasteiger partial charge in [0.25, 0.3) is 0 Å². The highest BCUT2D eigenvalue weighted by Gasteiger charge is 2.55. The third kappa shape index (κ3) is 9.05. The summed E-state index contributed by atoms with van der Waals surface area (Å²) in [7, 11) is -1.05. The second-order valence-corrected chi connectivity index (χ2v) is 26.6. The van der Waals surface area contributed by atoms with E-state index >= 15 is 0 Å². The van der Waals surface area contributed by atoms with Crippen molar-refractivity contribution in [1.29, 1.82) is 0 Å². The van der Waals surface area contributed by atoms with Gasteiger partial charge in [-0.2, -0.15) is 0 Å². The van der Waals surface area contributed by atoms with Crippen LogP contribution in [0.25, 0.3) is 22.3 Å². The monoisotopic (exact) mass is 1020 g/mol. The van der Waals surface area contributed by atoms with E-state index < -0.39 is 42.1 Å². The fourth-order valence-electron chi connectivity index (χ4n) is 13.0. The van der Waals surface area contributed by atoms with Crippen molar-refractivity contribution in [1.82, 2.24) is 0 Å². The molecule has 0 N–H and O–H groups in total. The Morgan fingerprint density at radius 3 is 1.32 bits per heavy atom. The van der Waals surface area contributed by atoms with Crippen LogP contribution in [0, 0.1) is 11.8 Å². The van der Waals surface area contributed by atoms with Crippen molar-refractivity contribution >= 4 is 42.2 Å². The first-order valence-electron chi connectivity index (χ1n) is 29.2. The molecule has 5 nitrogen and oxygen atoms in total. The second-order valence-electron chi connectivity index (χ2n) is 26.6. The van der Waals surface area contributed by atoms with E-state index in [9.17, 15) is 0 Å². The van der Waals surface area contributed by atoms with Crippen LogP contribution in [0.4, 0.5) is 17.1 Å². The molecule has 2 fully saturated rings. The number of hydrogen-bond acceptors (Lipinski definition) is 5. The van der Waals surface area contributed by atoms with Crippen molar-refractivity contribution in [2.75, 3.05) is 4.90 Å². The van der Waals surface area contributed by atoms with Crippen molar-refractivity contribution in [2.45, 2.75) is 201 Å². The van der Waals surface area contributed by atoms with Gasteiger partial charge in [0.2, 0.25) is 0 Å². The Hall–Kier alpha value is -4.91. The van der Waals surface area contributed by atoms with Gasteiger partial charge in [-0.15, -0.1) is 0 Å². The van der Waals surface area contributed by atoms with Crippen molar-refractivity contribution in [3.63, 3.8) is 0 Å². The molecule has 6 aromatic carbocycles. The topological polar surface area (TPSA) is 40.2 Å². The van der Waals surface area contributed by atoms with Crippen LogP contribution in [0.2, 0.25) is 0 Å². The van der Waals surface area contributed by atoms with E-state index in [0.717, 1.165) is 53.7 Å². The summed E-state index contributed by atoms with van der Waals surface area (Å²) < 4.78 is 27.0. The molecule has 76 heavy (non-hydrogen) atoms. The molecule has 0 bridgehead atoms. The maximum atomic E-state index is 6.75. The molecule has 2 aliphatic heterocycles. The molecule has 2 heterocycles. The molecule has 1 spiro atoms. The lowest BCUT2D eigenvalue weighted by atomic mass is 9.67. The van der Waals surface area contributed by atoms with Gasteiger partial charge in [-0.05, 0) is 195 Å². The van der Waals surface area contributed by atoms with Gasteiger partial charge in [0.15, 0.2) is 0 Å². The van der Waals surface area contributed by atoms with E-state index in [-0.39, 0.29) is 10.8 Å². The summed E-state index contributed by atoms with van der Waals surface area (Å²) in [6.07, 6.45) is 9.42. The van der Waals surface area contributed by atoms with E-state index in [1.54, 1.807) is 0 Å². The molecular formula is C69H87B2NO4. The van der Waals surface area contributed by atoms with Crippen LogP contribution in [0.3, 0.4) is 0 Å². The first-order valence-corrected chi connectivity index (χ1v) is 29.2. The van der Waals surface area contributed by atoms with Gasteiger partial charge in [-0.3, -0.25) is 0 Å². The lowest BCUT2D eigenvalue weighted by molar-refractivity contribution is 0.00578. The van der Waals surface area contributed by atoms with Gasteiger partial charge in [0.1, 0.15) is 0 Å². The molecule has 398 valence electrons. The average Bonchev–Trinajstić information content (AvgIpc) is 4.22. The largest absolute Gasteiger partial charge is 0.494 e. The number of rotatable bonds is 17. The maximum Gasteiger partial charge on any atom is 0.494 e. The minimum Gasteiger partial charge on any atom is -0.399 e. The highest BCUT2D eigenvalue weighted by Crippen LogP contribution is 2.65. The zero-order valence-corrected chi connectivity index (χ0v) is 49.2. The molecular weight excluding hydrogens is 928 g/mol. The Bertz CT molecular complexity index is 2940. The van der Waals surface area contributed by atoms with E-state index in [0.29, 0.717) is 11.8 Å². The lowest BCUT2D eigenvalue weighted by Crippen LogP contribution is -2.41. The number of anilines is 3. The second kappa shape index (κ2) is 19.8. The van der Waals surface area contributed by atoms with Crippen molar-refractivity contribution < 1.29 is 18.6 Å². The molecule has 0 aromatic heterocycles. The van der Waals surface area contributed by atoms with Gasteiger partial charge in [-0.1, -0.05) is 178 Å². The summed E-state index contributed by atoms with van der Waals surface area (Å²) in [6, 6.07) is 49.4. The normalized spacial score (nSPS) is 20.9. The molecule has 7 heteroatoms. The smallest absolute Gasteiger partial charge is 0.399 e. The van der Waals surface area contributed by atoms with E-state index in [2.05, 4.69) is 243 Å². The molecule has 4 aliphatic rings. The average molecular weight is 1020 g/mol.